The van der Waals surface area contributed by atoms with Gasteiger partial charge in [0.15, 0.2) is 0 Å². The van der Waals surface area contributed by atoms with E-state index in [-0.39, 0.29) is 5.91 Å². The van der Waals surface area contributed by atoms with Gasteiger partial charge in [0, 0.05) is 5.69 Å². The van der Waals surface area contributed by atoms with Crippen LogP contribution in [0.1, 0.15) is 24.5 Å². The average molecular weight is 341 g/mol. The molecule has 0 saturated heterocycles. The van der Waals surface area contributed by atoms with Crippen molar-refractivity contribution in [3.05, 3.63) is 108 Å². The predicted octanol–water partition coefficient (Wildman–Crippen LogP) is 5.69. The SMILES string of the molecule is CC[C@](/C=C/c1ccccc1)(C(=O)Nc1ccccc1)c1ccccc1. The van der Waals surface area contributed by atoms with E-state index in [0.29, 0.717) is 6.42 Å². The Labute approximate surface area is 155 Å². The summed E-state index contributed by atoms with van der Waals surface area (Å²) in [5.41, 5.74) is 2.14. The molecule has 0 aliphatic heterocycles. The summed E-state index contributed by atoms with van der Waals surface area (Å²) >= 11 is 0. The summed E-state index contributed by atoms with van der Waals surface area (Å²) in [5, 5.41) is 3.08. The summed E-state index contributed by atoms with van der Waals surface area (Å²) < 4.78 is 0. The molecule has 26 heavy (non-hydrogen) atoms. The van der Waals surface area contributed by atoms with Crippen molar-refractivity contribution in [1.82, 2.24) is 0 Å². The van der Waals surface area contributed by atoms with Crippen LogP contribution >= 0.6 is 0 Å². The van der Waals surface area contributed by atoms with Crippen molar-refractivity contribution in [2.75, 3.05) is 5.32 Å². The maximum absolute atomic E-state index is 13.3. The summed E-state index contributed by atoms with van der Waals surface area (Å²) in [6.07, 6.45) is 4.72. The van der Waals surface area contributed by atoms with E-state index in [9.17, 15) is 4.79 Å². The standard InChI is InChI=1S/C24H23NO/c1-2-24(21-14-8-4-9-15-21,19-18-20-12-6-3-7-13-20)23(26)25-22-16-10-5-11-17-22/h3-19H,2H2,1H3,(H,25,26)/b19-18+/t24-/m1/s1. The molecule has 0 heterocycles. The molecule has 3 rings (SSSR count). The van der Waals surface area contributed by atoms with E-state index >= 15 is 0 Å². The number of amides is 1. The first kappa shape index (κ1) is 17.7. The second-order valence-electron chi connectivity index (χ2n) is 6.26. The summed E-state index contributed by atoms with van der Waals surface area (Å²) in [4.78, 5) is 13.3. The number of hydrogen-bond donors (Lipinski definition) is 1. The minimum atomic E-state index is -0.729. The average Bonchev–Trinajstić information content (AvgIpc) is 2.71. The van der Waals surface area contributed by atoms with Gasteiger partial charge >= 0.3 is 0 Å². The lowest BCUT2D eigenvalue weighted by molar-refractivity contribution is -0.120. The van der Waals surface area contributed by atoms with Crippen LogP contribution in [0.2, 0.25) is 0 Å². The van der Waals surface area contributed by atoms with E-state index in [0.717, 1.165) is 16.8 Å². The highest BCUT2D eigenvalue weighted by molar-refractivity contribution is 6.01. The van der Waals surface area contributed by atoms with Crippen LogP contribution < -0.4 is 5.32 Å². The lowest BCUT2D eigenvalue weighted by atomic mass is 9.76. The minimum Gasteiger partial charge on any atom is -0.325 e. The lowest BCUT2D eigenvalue weighted by Gasteiger charge is -2.29. The maximum atomic E-state index is 13.3. The second-order valence-corrected chi connectivity index (χ2v) is 6.26. The first-order chi connectivity index (χ1) is 12.7. The molecule has 0 unspecified atom stereocenters. The number of carbonyl (C=O) groups excluding carboxylic acids is 1. The highest BCUT2D eigenvalue weighted by Gasteiger charge is 2.36. The van der Waals surface area contributed by atoms with Gasteiger partial charge in [-0.2, -0.15) is 0 Å². The van der Waals surface area contributed by atoms with E-state index in [1.54, 1.807) is 0 Å². The van der Waals surface area contributed by atoms with Crippen LogP contribution in [0.5, 0.6) is 0 Å². The molecule has 2 nitrogen and oxygen atoms in total. The van der Waals surface area contributed by atoms with Crippen molar-refractivity contribution in [1.29, 1.82) is 0 Å². The van der Waals surface area contributed by atoms with E-state index < -0.39 is 5.41 Å². The third kappa shape index (κ3) is 3.92. The van der Waals surface area contributed by atoms with Gasteiger partial charge in [0.05, 0.1) is 5.41 Å². The smallest absolute Gasteiger partial charge is 0.238 e. The van der Waals surface area contributed by atoms with E-state index in [1.165, 1.54) is 0 Å². The fourth-order valence-corrected chi connectivity index (χ4v) is 3.09. The second kappa shape index (κ2) is 8.30. The normalized spacial score (nSPS) is 13.3. The zero-order valence-electron chi connectivity index (χ0n) is 14.9. The molecule has 0 bridgehead atoms. The number of hydrogen-bond acceptors (Lipinski definition) is 1. The molecule has 0 aliphatic rings. The van der Waals surface area contributed by atoms with Crippen LogP contribution in [0.3, 0.4) is 0 Å². The van der Waals surface area contributed by atoms with Gasteiger partial charge in [-0.15, -0.1) is 0 Å². The van der Waals surface area contributed by atoms with Crippen LogP contribution in [0.15, 0.2) is 97.1 Å². The summed E-state index contributed by atoms with van der Waals surface area (Å²) in [6, 6.07) is 29.6. The molecule has 0 fully saturated rings. The third-order valence-electron chi connectivity index (χ3n) is 4.64. The number of carbonyl (C=O) groups is 1. The summed E-state index contributed by atoms with van der Waals surface area (Å²) in [6.45, 7) is 2.05. The molecule has 0 spiro atoms. The molecule has 3 aromatic carbocycles. The van der Waals surface area contributed by atoms with Crippen molar-refractivity contribution in [3.8, 4) is 0 Å². The fourth-order valence-electron chi connectivity index (χ4n) is 3.09. The zero-order chi connectivity index (χ0) is 18.2. The van der Waals surface area contributed by atoms with E-state index in [1.807, 2.05) is 110 Å². The van der Waals surface area contributed by atoms with Gasteiger partial charge in [-0.25, -0.2) is 0 Å². The van der Waals surface area contributed by atoms with Crippen molar-refractivity contribution in [2.45, 2.75) is 18.8 Å². The first-order valence-electron chi connectivity index (χ1n) is 8.91. The third-order valence-corrected chi connectivity index (χ3v) is 4.64. The number of rotatable bonds is 6. The molecular formula is C24H23NO. The Kier molecular flexibility index (Phi) is 5.65. The maximum Gasteiger partial charge on any atom is 0.238 e. The Morgan fingerprint density at radius 2 is 1.38 bits per heavy atom. The van der Waals surface area contributed by atoms with Gasteiger partial charge < -0.3 is 5.32 Å². The Balaban J connectivity index is 2.00. The highest BCUT2D eigenvalue weighted by Crippen LogP contribution is 2.32. The predicted molar refractivity (Wildman–Crippen MR) is 109 cm³/mol. The molecule has 0 aromatic heterocycles. The van der Waals surface area contributed by atoms with Gasteiger partial charge in [0.2, 0.25) is 5.91 Å². The molecule has 3 aromatic rings. The number of anilines is 1. The molecule has 0 aliphatic carbocycles. The zero-order valence-corrected chi connectivity index (χ0v) is 14.9. The van der Waals surface area contributed by atoms with Gasteiger partial charge in [0.25, 0.3) is 0 Å². The molecule has 0 saturated carbocycles. The van der Waals surface area contributed by atoms with Crippen molar-refractivity contribution in [3.63, 3.8) is 0 Å². The van der Waals surface area contributed by atoms with Gasteiger partial charge in [-0.05, 0) is 29.7 Å². The molecule has 2 heteroatoms. The lowest BCUT2D eigenvalue weighted by Crippen LogP contribution is -2.38. The molecule has 1 N–H and O–H groups in total. The van der Waals surface area contributed by atoms with Gasteiger partial charge in [-0.1, -0.05) is 97.9 Å². The van der Waals surface area contributed by atoms with Crippen molar-refractivity contribution < 1.29 is 4.79 Å². The molecular weight excluding hydrogens is 318 g/mol. The minimum absolute atomic E-state index is 0.0235. The van der Waals surface area contributed by atoms with Gasteiger partial charge in [0.1, 0.15) is 0 Å². The molecule has 1 atom stereocenters. The molecule has 130 valence electrons. The fraction of sp³-hybridized carbons (Fsp3) is 0.125. The largest absolute Gasteiger partial charge is 0.325 e. The molecule has 1 amide bonds. The Morgan fingerprint density at radius 3 is 1.96 bits per heavy atom. The summed E-state index contributed by atoms with van der Waals surface area (Å²) in [5.74, 6) is -0.0235. The van der Waals surface area contributed by atoms with E-state index in [4.69, 9.17) is 0 Å². The van der Waals surface area contributed by atoms with Gasteiger partial charge in [-0.3, -0.25) is 4.79 Å². The van der Waals surface area contributed by atoms with Crippen LogP contribution in [-0.4, -0.2) is 5.91 Å². The quantitative estimate of drug-likeness (QED) is 0.613. The monoisotopic (exact) mass is 341 g/mol. The van der Waals surface area contributed by atoms with Crippen molar-refractivity contribution >= 4 is 17.7 Å². The highest BCUT2D eigenvalue weighted by atomic mass is 16.2. The Morgan fingerprint density at radius 1 is 0.846 bits per heavy atom. The van der Waals surface area contributed by atoms with E-state index in [2.05, 4.69) is 5.32 Å². The van der Waals surface area contributed by atoms with Crippen molar-refractivity contribution in [2.24, 2.45) is 0 Å². The summed E-state index contributed by atoms with van der Waals surface area (Å²) in [7, 11) is 0. The van der Waals surface area contributed by atoms with Crippen LogP contribution in [0.4, 0.5) is 5.69 Å². The Bertz CT molecular complexity index is 856. The number of benzene rings is 3. The van der Waals surface area contributed by atoms with Crippen LogP contribution in [-0.2, 0) is 10.2 Å². The number of para-hydroxylation sites is 1. The number of nitrogens with one attached hydrogen (secondary N) is 1. The first-order valence-corrected chi connectivity index (χ1v) is 8.91. The topological polar surface area (TPSA) is 29.1 Å². The van der Waals surface area contributed by atoms with Crippen LogP contribution in [0, 0.1) is 0 Å². The Hall–Kier alpha value is -3.13. The molecule has 0 radical (unpaired) electrons. The van der Waals surface area contributed by atoms with Crippen LogP contribution in [0.25, 0.3) is 6.08 Å².